The number of ether oxygens (including phenoxy) is 1. The van der Waals surface area contributed by atoms with Crippen molar-refractivity contribution in [2.24, 2.45) is 4.99 Å². The van der Waals surface area contributed by atoms with Crippen molar-refractivity contribution < 1.29 is 22.7 Å². The van der Waals surface area contributed by atoms with Crippen molar-refractivity contribution in [3.8, 4) is 5.88 Å². The van der Waals surface area contributed by atoms with E-state index in [1.165, 1.54) is 12.3 Å². The number of pyridine rings is 1. The van der Waals surface area contributed by atoms with Crippen LogP contribution in [0.4, 0.5) is 13.2 Å². The van der Waals surface area contributed by atoms with Crippen LogP contribution in [0.2, 0.25) is 0 Å². The number of carbonyl (C=O) groups is 1. The largest absolute Gasteiger partial charge is 0.475 e. The molecule has 1 saturated heterocycles. The molecule has 2 rings (SSSR count). The van der Waals surface area contributed by atoms with Gasteiger partial charge in [-0.05, 0) is 31.9 Å². The van der Waals surface area contributed by atoms with E-state index in [1.807, 2.05) is 11.8 Å². The first kappa shape index (κ1) is 21.8. The summed E-state index contributed by atoms with van der Waals surface area (Å²) in [6, 6.07) is 2.16. The summed E-state index contributed by atoms with van der Waals surface area (Å²) in [5.41, 5.74) is -0.896. The van der Waals surface area contributed by atoms with Gasteiger partial charge in [-0.25, -0.2) is 4.98 Å². The number of hydrogen-bond donors (Lipinski definition) is 2. The lowest BCUT2D eigenvalue weighted by Gasteiger charge is -2.15. The highest BCUT2D eigenvalue weighted by molar-refractivity contribution is 5.79. The van der Waals surface area contributed by atoms with E-state index in [9.17, 15) is 18.0 Å². The summed E-state index contributed by atoms with van der Waals surface area (Å²) in [7, 11) is 0. The van der Waals surface area contributed by atoms with Crippen LogP contribution in [0.15, 0.2) is 23.3 Å². The minimum Gasteiger partial charge on any atom is -0.475 e. The molecule has 156 valence electrons. The number of likely N-dealkylation sites (tertiary alicyclic amines) is 1. The van der Waals surface area contributed by atoms with Gasteiger partial charge in [-0.15, -0.1) is 0 Å². The average Bonchev–Trinajstić information content (AvgIpc) is 3.06. The van der Waals surface area contributed by atoms with E-state index in [1.54, 1.807) is 0 Å². The van der Waals surface area contributed by atoms with Crippen LogP contribution in [0, 0.1) is 0 Å². The van der Waals surface area contributed by atoms with Gasteiger partial charge in [0.2, 0.25) is 11.8 Å². The topological polar surface area (TPSA) is 78.9 Å². The Kier molecular flexibility index (Phi) is 8.34. The summed E-state index contributed by atoms with van der Waals surface area (Å²) in [5.74, 6) is 0.309. The van der Waals surface area contributed by atoms with Crippen LogP contribution in [0.3, 0.4) is 0 Å². The molecule has 1 fully saturated rings. The van der Waals surface area contributed by atoms with E-state index in [4.69, 9.17) is 4.74 Å². The molecule has 1 aliphatic rings. The predicted molar refractivity (Wildman–Crippen MR) is 99.1 cm³/mol. The molecule has 0 unspecified atom stereocenters. The number of amides is 1. The number of rotatable bonds is 9. The molecule has 2 heterocycles. The number of aliphatic imine (C=N–C) groups is 1. The van der Waals surface area contributed by atoms with E-state index >= 15 is 0 Å². The van der Waals surface area contributed by atoms with Crippen molar-refractivity contribution in [3.05, 3.63) is 23.9 Å². The summed E-state index contributed by atoms with van der Waals surface area (Å²) >= 11 is 0. The number of aromatic nitrogens is 1. The lowest BCUT2D eigenvalue weighted by molar-refractivity contribution is -0.139. The van der Waals surface area contributed by atoms with Gasteiger partial charge in [0.15, 0.2) is 5.96 Å². The monoisotopic (exact) mass is 401 g/mol. The van der Waals surface area contributed by atoms with Crippen LogP contribution in [0.5, 0.6) is 5.88 Å². The normalized spacial score (nSPS) is 15.1. The fourth-order valence-corrected chi connectivity index (χ4v) is 2.77. The van der Waals surface area contributed by atoms with Gasteiger partial charge in [-0.1, -0.05) is 0 Å². The molecule has 10 heteroatoms. The van der Waals surface area contributed by atoms with Gasteiger partial charge in [-0.2, -0.15) is 13.2 Å². The second-order valence-corrected chi connectivity index (χ2v) is 6.23. The first-order valence-electron chi connectivity index (χ1n) is 9.36. The number of guanidine groups is 1. The van der Waals surface area contributed by atoms with Crippen LogP contribution in [-0.4, -0.2) is 61.1 Å². The highest BCUT2D eigenvalue weighted by Crippen LogP contribution is 2.34. The molecule has 28 heavy (non-hydrogen) atoms. The number of alkyl halides is 3. The maximum Gasteiger partial charge on any atom is 0.421 e. The molecule has 0 spiro atoms. The highest BCUT2D eigenvalue weighted by Gasteiger charge is 2.35. The van der Waals surface area contributed by atoms with Gasteiger partial charge in [0.05, 0.1) is 6.54 Å². The molecule has 0 radical (unpaired) electrons. The van der Waals surface area contributed by atoms with Gasteiger partial charge in [0.1, 0.15) is 12.2 Å². The number of carbonyl (C=O) groups excluding carboxylic acids is 1. The lowest BCUT2D eigenvalue weighted by atomic mass is 10.2. The summed E-state index contributed by atoms with van der Waals surface area (Å²) in [6.45, 7) is 4.88. The molecule has 7 nitrogen and oxygen atoms in total. The summed E-state index contributed by atoms with van der Waals surface area (Å²) < 4.78 is 43.9. The third-order valence-corrected chi connectivity index (χ3v) is 4.08. The Hall–Kier alpha value is -2.52. The molecular formula is C18H26F3N5O2. The SMILES string of the molecule is CCNC(=NCCCN1CCCC1=O)NCCOc1ncccc1C(F)(F)F. The van der Waals surface area contributed by atoms with Crippen molar-refractivity contribution in [1.82, 2.24) is 20.5 Å². The molecule has 0 bridgehead atoms. The van der Waals surface area contributed by atoms with Crippen LogP contribution in [0.1, 0.15) is 31.7 Å². The van der Waals surface area contributed by atoms with E-state index in [0.29, 0.717) is 32.0 Å². The average molecular weight is 401 g/mol. The van der Waals surface area contributed by atoms with Crippen LogP contribution >= 0.6 is 0 Å². The lowest BCUT2D eigenvalue weighted by Crippen LogP contribution is -2.39. The Morgan fingerprint density at radius 1 is 1.39 bits per heavy atom. The van der Waals surface area contributed by atoms with Crippen LogP contribution in [-0.2, 0) is 11.0 Å². The zero-order chi connectivity index (χ0) is 20.4. The zero-order valence-electron chi connectivity index (χ0n) is 15.9. The molecular weight excluding hydrogens is 375 g/mol. The van der Waals surface area contributed by atoms with E-state index in [-0.39, 0.29) is 19.1 Å². The zero-order valence-corrected chi connectivity index (χ0v) is 15.9. The minimum atomic E-state index is -4.51. The third kappa shape index (κ3) is 6.90. The standard InChI is InChI=1S/C18H26F3N5O2/c1-2-22-17(24-9-5-12-26-11-4-7-15(26)27)25-10-13-28-16-14(18(19,20)21)6-3-8-23-16/h3,6,8H,2,4-5,7,9-13H2,1H3,(H2,22,24,25). The maximum atomic E-state index is 12.9. The number of halogens is 3. The molecule has 2 N–H and O–H groups in total. The van der Waals surface area contributed by atoms with Crippen molar-refractivity contribution >= 4 is 11.9 Å². The molecule has 0 atom stereocenters. The Morgan fingerprint density at radius 3 is 2.89 bits per heavy atom. The fourth-order valence-electron chi connectivity index (χ4n) is 2.77. The van der Waals surface area contributed by atoms with Crippen LogP contribution < -0.4 is 15.4 Å². The van der Waals surface area contributed by atoms with Gasteiger partial charge in [0.25, 0.3) is 0 Å². The van der Waals surface area contributed by atoms with Crippen molar-refractivity contribution in [2.45, 2.75) is 32.4 Å². The molecule has 0 aliphatic carbocycles. The maximum absolute atomic E-state index is 12.9. The van der Waals surface area contributed by atoms with Gasteiger partial charge in [0, 0.05) is 38.8 Å². The van der Waals surface area contributed by atoms with Crippen molar-refractivity contribution in [2.75, 3.05) is 39.3 Å². The minimum absolute atomic E-state index is 0.00673. The van der Waals surface area contributed by atoms with Crippen molar-refractivity contribution in [1.29, 1.82) is 0 Å². The Balaban J connectivity index is 1.75. The first-order chi connectivity index (χ1) is 13.4. The van der Waals surface area contributed by atoms with Crippen LogP contribution in [0.25, 0.3) is 0 Å². The molecule has 0 saturated carbocycles. The van der Waals surface area contributed by atoms with Crippen molar-refractivity contribution in [3.63, 3.8) is 0 Å². The number of hydrogen-bond acceptors (Lipinski definition) is 4. The van der Waals surface area contributed by atoms with Gasteiger partial charge >= 0.3 is 6.18 Å². The smallest absolute Gasteiger partial charge is 0.421 e. The molecule has 1 amide bonds. The molecule has 0 aromatic carbocycles. The Bertz CT molecular complexity index is 667. The molecule has 1 aromatic heterocycles. The second kappa shape index (κ2) is 10.7. The third-order valence-electron chi connectivity index (χ3n) is 4.08. The Morgan fingerprint density at radius 2 is 2.21 bits per heavy atom. The van der Waals surface area contributed by atoms with E-state index in [2.05, 4.69) is 20.6 Å². The van der Waals surface area contributed by atoms with E-state index < -0.39 is 17.6 Å². The number of nitrogens with one attached hydrogen (secondary N) is 2. The van der Waals surface area contributed by atoms with Gasteiger partial charge < -0.3 is 20.3 Å². The highest BCUT2D eigenvalue weighted by atomic mass is 19.4. The predicted octanol–water partition coefficient (Wildman–Crippen LogP) is 2.05. The molecule has 1 aromatic rings. The van der Waals surface area contributed by atoms with Gasteiger partial charge in [-0.3, -0.25) is 9.79 Å². The summed E-state index contributed by atoms with van der Waals surface area (Å²) in [5, 5.41) is 6.07. The Labute approximate surface area is 162 Å². The first-order valence-corrected chi connectivity index (χ1v) is 9.36. The summed E-state index contributed by atoms with van der Waals surface area (Å²) in [4.78, 5) is 21.5. The second-order valence-electron chi connectivity index (χ2n) is 6.23. The summed E-state index contributed by atoms with van der Waals surface area (Å²) in [6.07, 6.45) is -0.959. The van der Waals surface area contributed by atoms with E-state index in [0.717, 1.165) is 25.5 Å². The fraction of sp³-hybridized carbons (Fsp3) is 0.611. The number of nitrogens with zero attached hydrogens (tertiary/aromatic N) is 3. The molecule has 1 aliphatic heterocycles. The quantitative estimate of drug-likeness (QED) is 0.376.